The van der Waals surface area contributed by atoms with Crippen molar-refractivity contribution in [3.8, 4) is 0 Å². The number of rotatable bonds is 13. The zero-order valence-electron chi connectivity index (χ0n) is 22.0. The van der Waals surface area contributed by atoms with Gasteiger partial charge in [0, 0.05) is 19.9 Å². The first-order valence-corrected chi connectivity index (χ1v) is 13.9. The third-order valence-corrected chi connectivity index (χ3v) is 6.60. The van der Waals surface area contributed by atoms with Gasteiger partial charge in [-0.2, -0.15) is 0 Å². The molecule has 1 heterocycles. The van der Waals surface area contributed by atoms with Crippen LogP contribution >= 0.6 is 7.82 Å². The van der Waals surface area contributed by atoms with Crippen LogP contribution in [0.15, 0.2) is 30.3 Å². The second-order valence-corrected chi connectivity index (χ2v) is 10.9. The molecule has 1 aliphatic rings. The first-order chi connectivity index (χ1) is 18.2. The fraction of sp³-hybridized carbons (Fsp3) is 0.542. The topological polar surface area (TPSA) is 217 Å². The van der Waals surface area contributed by atoms with Crippen molar-refractivity contribution in [3.63, 3.8) is 0 Å². The number of likely N-dealkylation sites (tertiary alicyclic amines) is 1. The van der Waals surface area contributed by atoms with Crippen LogP contribution in [0.25, 0.3) is 0 Å². The molecule has 0 radical (unpaired) electrons. The molecule has 7 N–H and O–H groups in total. The average molecular weight is 570 g/mol. The fourth-order valence-electron chi connectivity index (χ4n) is 4.21. The minimum atomic E-state index is -4.93. The molecule has 14 nitrogen and oxygen atoms in total. The number of hydrogen-bond acceptors (Lipinski definition) is 7. The van der Waals surface area contributed by atoms with Gasteiger partial charge in [-0.05, 0) is 24.3 Å². The molecule has 2 rings (SSSR count). The van der Waals surface area contributed by atoms with Crippen LogP contribution < -0.4 is 21.7 Å². The number of carbonyl (C=O) groups excluding carboxylic acids is 5. The summed E-state index contributed by atoms with van der Waals surface area (Å²) < 4.78 is 15.5. The third kappa shape index (κ3) is 10.1. The van der Waals surface area contributed by atoms with Crippen LogP contribution in [0.5, 0.6) is 0 Å². The minimum Gasteiger partial charge on any atom is -0.368 e. The van der Waals surface area contributed by atoms with Crippen LogP contribution in [0.2, 0.25) is 0 Å². The molecule has 0 spiro atoms. The normalized spacial score (nSPS) is 17.7. The van der Waals surface area contributed by atoms with Crippen LogP contribution in [0.3, 0.4) is 0 Å². The molecule has 15 heteroatoms. The van der Waals surface area contributed by atoms with Crippen molar-refractivity contribution in [1.82, 2.24) is 20.9 Å². The molecule has 1 aromatic carbocycles. The van der Waals surface area contributed by atoms with Crippen molar-refractivity contribution < 1.29 is 42.8 Å². The Bertz CT molecular complexity index is 1090. The largest absolute Gasteiger partial charge is 0.469 e. The quantitative estimate of drug-likeness (QED) is 0.159. The van der Waals surface area contributed by atoms with Gasteiger partial charge in [-0.1, -0.05) is 44.2 Å². The summed E-state index contributed by atoms with van der Waals surface area (Å²) in [4.78, 5) is 82.2. The van der Waals surface area contributed by atoms with Crippen molar-refractivity contribution in [2.75, 3.05) is 13.2 Å². The molecule has 216 valence electrons. The highest BCUT2D eigenvalue weighted by atomic mass is 31.2. The zero-order chi connectivity index (χ0) is 29.3. The molecular weight excluding hydrogens is 533 g/mol. The molecule has 0 bridgehead atoms. The summed E-state index contributed by atoms with van der Waals surface area (Å²) in [7, 11) is -4.93. The third-order valence-electron chi connectivity index (χ3n) is 6.11. The van der Waals surface area contributed by atoms with Gasteiger partial charge in [-0.25, -0.2) is 4.57 Å². The number of phosphoric ester groups is 1. The Morgan fingerprint density at radius 1 is 1.08 bits per heavy atom. The molecule has 0 unspecified atom stereocenters. The summed E-state index contributed by atoms with van der Waals surface area (Å²) in [5, 5.41) is 7.53. The Balaban J connectivity index is 2.13. The molecule has 0 aromatic heterocycles. The van der Waals surface area contributed by atoms with Crippen LogP contribution in [-0.2, 0) is 39.5 Å². The summed E-state index contributed by atoms with van der Waals surface area (Å²) in [6.07, 6.45) is 0.857. The summed E-state index contributed by atoms with van der Waals surface area (Å²) in [5.74, 6) is -3.80. The Kier molecular flexibility index (Phi) is 11.6. The maximum atomic E-state index is 13.2. The zero-order valence-corrected chi connectivity index (χ0v) is 22.9. The van der Waals surface area contributed by atoms with E-state index in [1.807, 2.05) is 6.07 Å². The van der Waals surface area contributed by atoms with Crippen molar-refractivity contribution in [3.05, 3.63) is 35.9 Å². The van der Waals surface area contributed by atoms with Crippen molar-refractivity contribution in [1.29, 1.82) is 0 Å². The van der Waals surface area contributed by atoms with Gasteiger partial charge in [0.25, 0.3) is 0 Å². The summed E-state index contributed by atoms with van der Waals surface area (Å²) >= 11 is 0. The van der Waals surface area contributed by atoms with E-state index in [4.69, 9.17) is 15.5 Å². The molecule has 4 atom stereocenters. The van der Waals surface area contributed by atoms with E-state index >= 15 is 0 Å². The summed E-state index contributed by atoms with van der Waals surface area (Å²) in [6, 6.07) is 4.43. The van der Waals surface area contributed by atoms with Crippen LogP contribution in [0.4, 0.5) is 0 Å². The van der Waals surface area contributed by atoms with Gasteiger partial charge in [0.05, 0.1) is 6.61 Å². The molecule has 0 aliphatic carbocycles. The second kappa shape index (κ2) is 14.2. The van der Waals surface area contributed by atoms with E-state index in [1.54, 1.807) is 38.1 Å². The summed E-state index contributed by atoms with van der Waals surface area (Å²) in [6.45, 7) is 3.85. The molecule has 39 heavy (non-hydrogen) atoms. The molecule has 1 aromatic rings. The van der Waals surface area contributed by atoms with Gasteiger partial charge >= 0.3 is 7.82 Å². The Morgan fingerprint density at radius 2 is 1.72 bits per heavy atom. The van der Waals surface area contributed by atoms with E-state index in [-0.39, 0.29) is 19.4 Å². The van der Waals surface area contributed by atoms with Gasteiger partial charge in [-0.15, -0.1) is 0 Å². The molecular formula is C24H36N5O9P. The lowest BCUT2D eigenvalue weighted by Crippen LogP contribution is -2.59. The number of hydrogen-bond donors (Lipinski definition) is 6. The van der Waals surface area contributed by atoms with Crippen molar-refractivity contribution in [2.24, 2.45) is 11.7 Å². The van der Waals surface area contributed by atoms with E-state index in [0.717, 1.165) is 12.5 Å². The monoisotopic (exact) mass is 569 g/mol. The first-order valence-electron chi connectivity index (χ1n) is 12.4. The SMILES string of the molecule is CC(=O)N[C@@H](COP(=O)(O)O)C(=O)N1CCC[C@H]1C(=O)N[C@H](C(=O)N[C@@H](Cc1ccccc1)C(N)=O)C(C)C. The van der Waals surface area contributed by atoms with Crippen LogP contribution in [-0.4, -0.2) is 81.5 Å². The highest BCUT2D eigenvalue weighted by Crippen LogP contribution is 2.35. The van der Waals surface area contributed by atoms with E-state index < -0.39 is 74.1 Å². The van der Waals surface area contributed by atoms with Crippen LogP contribution in [0.1, 0.15) is 39.2 Å². The summed E-state index contributed by atoms with van der Waals surface area (Å²) in [5.41, 5.74) is 6.28. The number of primary amides is 1. The predicted molar refractivity (Wildman–Crippen MR) is 138 cm³/mol. The van der Waals surface area contributed by atoms with E-state index in [0.29, 0.717) is 6.42 Å². The molecule has 1 saturated heterocycles. The fourth-order valence-corrected chi connectivity index (χ4v) is 4.56. The van der Waals surface area contributed by atoms with Gasteiger partial charge in [0.15, 0.2) is 0 Å². The molecule has 1 fully saturated rings. The number of amides is 5. The lowest BCUT2D eigenvalue weighted by Gasteiger charge is -2.30. The van der Waals surface area contributed by atoms with Gasteiger partial charge in [0.1, 0.15) is 24.2 Å². The van der Waals surface area contributed by atoms with Crippen molar-refractivity contribution >= 4 is 37.4 Å². The maximum absolute atomic E-state index is 13.2. The number of carbonyl (C=O) groups is 5. The van der Waals surface area contributed by atoms with Gasteiger partial charge in [-0.3, -0.25) is 28.5 Å². The average Bonchev–Trinajstić information content (AvgIpc) is 3.33. The standard InChI is InChI=1S/C24H36N5O9P/c1-14(2)20(23(33)27-17(21(25)31)12-16-8-5-4-6-9-16)28-22(32)19-10-7-11-29(19)24(34)18(26-15(3)30)13-38-39(35,36)37/h4-6,8-9,14,17-20H,7,10-13H2,1-3H3,(H2,25,31)(H,26,30)(H,27,33)(H,28,32)(H2,35,36,37)/t17-,18-,19-,20-/m0/s1. The predicted octanol–water partition coefficient (Wildman–Crippen LogP) is -1.05. The number of nitrogens with zero attached hydrogens (tertiary/aromatic N) is 1. The molecule has 5 amide bonds. The van der Waals surface area contributed by atoms with Crippen molar-refractivity contribution in [2.45, 2.75) is 64.2 Å². The number of nitrogens with one attached hydrogen (secondary N) is 3. The van der Waals surface area contributed by atoms with E-state index in [1.165, 1.54) is 4.90 Å². The second-order valence-electron chi connectivity index (χ2n) is 9.61. The van der Waals surface area contributed by atoms with Gasteiger partial charge in [0.2, 0.25) is 29.5 Å². The molecule has 0 saturated carbocycles. The van der Waals surface area contributed by atoms with E-state index in [2.05, 4.69) is 20.5 Å². The Hall–Kier alpha value is -3.32. The van der Waals surface area contributed by atoms with E-state index in [9.17, 15) is 28.5 Å². The smallest absolute Gasteiger partial charge is 0.368 e. The minimum absolute atomic E-state index is 0.141. The maximum Gasteiger partial charge on any atom is 0.469 e. The number of nitrogens with two attached hydrogens (primary N) is 1. The lowest BCUT2D eigenvalue weighted by molar-refractivity contribution is -0.143. The highest BCUT2D eigenvalue weighted by molar-refractivity contribution is 7.46. The number of phosphoric acid groups is 1. The highest BCUT2D eigenvalue weighted by Gasteiger charge is 2.40. The Labute approximate surface area is 226 Å². The Morgan fingerprint density at radius 3 is 2.26 bits per heavy atom. The number of benzene rings is 1. The lowest BCUT2D eigenvalue weighted by atomic mass is 10.0. The first kappa shape index (κ1) is 31.9. The van der Waals surface area contributed by atoms with Gasteiger partial charge < -0.3 is 36.4 Å². The molecule has 1 aliphatic heterocycles. The van der Waals surface area contributed by atoms with Crippen LogP contribution in [0, 0.1) is 5.92 Å².